The first-order chi connectivity index (χ1) is 16.1. The average Bonchev–Trinajstić information content (AvgIpc) is 2.74. The van der Waals surface area contributed by atoms with E-state index >= 15 is 0 Å². The first kappa shape index (κ1) is 26.3. The second-order valence-corrected chi connectivity index (χ2v) is 7.86. The molecule has 1 aromatic heterocycles. The fourth-order valence-electron chi connectivity index (χ4n) is 3.18. The molecule has 2 aromatic carbocycles. The molecule has 0 saturated carbocycles. The zero-order valence-corrected chi connectivity index (χ0v) is 18.8. The number of alkyl halides is 6. The van der Waals surface area contributed by atoms with Gasteiger partial charge in [0.25, 0.3) is 11.2 Å². The Morgan fingerprint density at radius 1 is 1.03 bits per heavy atom. The molecule has 3 rings (SSSR count). The molecular weight excluding hydrogens is 529 g/mol. The Morgan fingerprint density at radius 2 is 1.66 bits per heavy atom. The van der Waals surface area contributed by atoms with Crippen molar-refractivity contribution < 1.29 is 31.3 Å². The van der Waals surface area contributed by atoms with Gasteiger partial charge in [-0.05, 0) is 23.8 Å². The van der Waals surface area contributed by atoms with Crippen LogP contribution in [0.15, 0.2) is 52.3 Å². The molecule has 0 fully saturated rings. The maximum Gasteiger partial charge on any atom is 0.433 e. The van der Waals surface area contributed by atoms with Crippen LogP contribution < -0.4 is 11.2 Å². The van der Waals surface area contributed by atoms with Crippen LogP contribution in [0.4, 0.5) is 37.7 Å². The molecule has 1 heterocycles. The SMILES string of the molecule is Cn1c(C(F)(F)F)c(Cl)c(=O)n(Cc2ccccc2Cl)c1=Nc1ccc(C(F)(F)F)cc1[N+](=O)[O-]. The van der Waals surface area contributed by atoms with Gasteiger partial charge >= 0.3 is 12.4 Å². The van der Waals surface area contributed by atoms with Crippen molar-refractivity contribution in [3.8, 4) is 0 Å². The molecule has 0 atom stereocenters. The number of nitro benzene ring substituents is 1. The van der Waals surface area contributed by atoms with Crippen molar-refractivity contribution in [2.24, 2.45) is 12.0 Å². The monoisotopic (exact) mass is 540 g/mol. The van der Waals surface area contributed by atoms with Gasteiger partial charge in [0.15, 0.2) is 0 Å². The topological polar surface area (TPSA) is 82.4 Å². The maximum absolute atomic E-state index is 13.7. The van der Waals surface area contributed by atoms with Crippen LogP contribution in [0.1, 0.15) is 16.8 Å². The van der Waals surface area contributed by atoms with Crippen LogP contribution in [-0.4, -0.2) is 14.1 Å². The van der Waals surface area contributed by atoms with Crippen LogP contribution in [0.25, 0.3) is 0 Å². The normalized spacial score (nSPS) is 12.8. The van der Waals surface area contributed by atoms with Crippen molar-refractivity contribution >= 4 is 34.6 Å². The fraction of sp³-hybridized carbons (Fsp3) is 0.200. The first-order valence-electron chi connectivity index (χ1n) is 9.33. The minimum Gasteiger partial charge on any atom is -0.309 e. The van der Waals surface area contributed by atoms with Crippen LogP contribution in [0, 0.1) is 10.1 Å². The molecule has 0 bridgehead atoms. The molecule has 15 heteroatoms. The van der Waals surface area contributed by atoms with Crippen molar-refractivity contribution in [2.75, 3.05) is 0 Å². The van der Waals surface area contributed by atoms with E-state index in [1.54, 1.807) is 6.07 Å². The highest BCUT2D eigenvalue weighted by Gasteiger charge is 2.38. The Balaban J connectivity index is 2.43. The lowest BCUT2D eigenvalue weighted by atomic mass is 10.1. The quantitative estimate of drug-likeness (QED) is 0.241. The van der Waals surface area contributed by atoms with Gasteiger partial charge in [0.2, 0.25) is 5.62 Å². The Morgan fingerprint density at radius 3 is 2.20 bits per heavy atom. The summed E-state index contributed by atoms with van der Waals surface area (Å²) in [4.78, 5) is 26.9. The maximum atomic E-state index is 13.7. The lowest BCUT2D eigenvalue weighted by Gasteiger charge is -2.18. The molecule has 0 aliphatic heterocycles. The molecule has 0 aliphatic rings. The first-order valence-corrected chi connectivity index (χ1v) is 10.1. The lowest BCUT2D eigenvalue weighted by Crippen LogP contribution is -2.43. The number of benzene rings is 2. The molecule has 0 saturated heterocycles. The van der Waals surface area contributed by atoms with Crippen LogP contribution >= 0.6 is 23.2 Å². The summed E-state index contributed by atoms with van der Waals surface area (Å²) in [7, 11) is 0.853. The van der Waals surface area contributed by atoms with Crippen LogP contribution in [-0.2, 0) is 25.9 Å². The van der Waals surface area contributed by atoms with Crippen molar-refractivity contribution in [1.29, 1.82) is 0 Å². The van der Waals surface area contributed by atoms with Gasteiger partial charge < -0.3 is 4.57 Å². The summed E-state index contributed by atoms with van der Waals surface area (Å²) < 4.78 is 81.2. The smallest absolute Gasteiger partial charge is 0.309 e. The molecule has 35 heavy (non-hydrogen) atoms. The lowest BCUT2D eigenvalue weighted by molar-refractivity contribution is -0.384. The van der Waals surface area contributed by atoms with Crippen molar-refractivity contribution in [2.45, 2.75) is 18.9 Å². The van der Waals surface area contributed by atoms with Crippen molar-refractivity contribution in [1.82, 2.24) is 9.13 Å². The predicted octanol–water partition coefficient (Wildman–Crippen LogP) is 5.72. The molecule has 0 unspecified atom stereocenters. The molecule has 0 amide bonds. The average molecular weight is 541 g/mol. The van der Waals surface area contributed by atoms with Gasteiger partial charge in [-0.1, -0.05) is 41.4 Å². The van der Waals surface area contributed by atoms with E-state index in [0.29, 0.717) is 21.3 Å². The van der Waals surface area contributed by atoms with Gasteiger partial charge in [0.1, 0.15) is 16.4 Å². The molecule has 0 radical (unpaired) electrons. The number of aromatic nitrogens is 2. The largest absolute Gasteiger partial charge is 0.433 e. The number of nitrogens with zero attached hydrogens (tertiary/aromatic N) is 4. The van der Waals surface area contributed by atoms with Gasteiger partial charge in [0, 0.05) is 18.1 Å². The van der Waals surface area contributed by atoms with Crippen LogP contribution in [0.3, 0.4) is 0 Å². The van der Waals surface area contributed by atoms with E-state index in [2.05, 4.69) is 4.99 Å². The zero-order chi connectivity index (χ0) is 26.3. The third-order valence-corrected chi connectivity index (χ3v) is 5.50. The molecular formula is C20H12Cl2F6N4O3. The molecule has 3 aromatic rings. The van der Waals surface area contributed by atoms with Crippen LogP contribution in [0.5, 0.6) is 0 Å². The third-order valence-electron chi connectivity index (χ3n) is 4.79. The molecule has 0 N–H and O–H groups in total. The summed E-state index contributed by atoms with van der Waals surface area (Å²) in [6.07, 6.45) is -10.1. The Kier molecular flexibility index (Phi) is 7.04. The van der Waals surface area contributed by atoms with Gasteiger partial charge in [-0.25, -0.2) is 4.99 Å². The number of halogens is 8. The predicted molar refractivity (Wildman–Crippen MR) is 114 cm³/mol. The summed E-state index contributed by atoms with van der Waals surface area (Å²) in [5.41, 5.74) is -6.67. The van der Waals surface area contributed by atoms with Gasteiger partial charge in [-0.2, -0.15) is 26.3 Å². The summed E-state index contributed by atoms with van der Waals surface area (Å²) in [6.45, 7) is -0.447. The number of hydrogen-bond donors (Lipinski definition) is 0. The molecule has 186 valence electrons. The Hall–Kier alpha value is -3.32. The van der Waals surface area contributed by atoms with E-state index < -0.39 is 62.7 Å². The fourth-order valence-corrected chi connectivity index (χ4v) is 3.71. The molecule has 0 aliphatic carbocycles. The second kappa shape index (κ2) is 9.38. The highest BCUT2D eigenvalue weighted by Crippen LogP contribution is 2.36. The van der Waals surface area contributed by atoms with Gasteiger partial charge in [-0.3, -0.25) is 19.5 Å². The van der Waals surface area contributed by atoms with E-state index in [1.165, 1.54) is 18.2 Å². The second-order valence-electron chi connectivity index (χ2n) is 7.07. The van der Waals surface area contributed by atoms with E-state index in [9.17, 15) is 41.3 Å². The van der Waals surface area contributed by atoms with E-state index in [1.807, 2.05) is 0 Å². The van der Waals surface area contributed by atoms with Crippen LogP contribution in [0.2, 0.25) is 10.0 Å². The summed E-state index contributed by atoms with van der Waals surface area (Å²) in [5, 5.41) is 10.4. The van der Waals surface area contributed by atoms with Gasteiger partial charge in [-0.15, -0.1) is 0 Å². The summed E-state index contributed by atoms with van der Waals surface area (Å²) in [5.74, 6) is 0. The number of hydrogen-bond acceptors (Lipinski definition) is 4. The number of nitro groups is 1. The van der Waals surface area contributed by atoms with Gasteiger partial charge in [0.05, 0.1) is 17.0 Å². The van der Waals surface area contributed by atoms with Crippen molar-refractivity contribution in [3.05, 3.63) is 95.4 Å². The van der Waals surface area contributed by atoms with E-state index in [-0.39, 0.29) is 16.7 Å². The third kappa shape index (κ3) is 5.35. The highest BCUT2D eigenvalue weighted by atomic mass is 35.5. The summed E-state index contributed by atoms with van der Waals surface area (Å²) in [6, 6.07) is 7.29. The minimum absolute atomic E-state index is 0.143. The molecule has 0 spiro atoms. The van der Waals surface area contributed by atoms with Crippen molar-refractivity contribution in [3.63, 3.8) is 0 Å². The standard InChI is InChI=1S/C20H12Cl2F6N4O3/c1-30-16(20(26,27)28)15(22)17(33)31(9-10-4-2-3-5-12(10)21)18(30)29-13-7-6-11(19(23,24)25)8-14(13)32(34)35/h2-8H,9H2,1H3. The number of rotatable bonds is 4. The Labute approximate surface area is 201 Å². The zero-order valence-electron chi connectivity index (χ0n) is 17.3. The van der Waals surface area contributed by atoms with E-state index in [4.69, 9.17) is 23.2 Å². The van der Waals surface area contributed by atoms with E-state index in [0.717, 1.165) is 7.05 Å². The highest BCUT2D eigenvalue weighted by molar-refractivity contribution is 6.31. The Bertz CT molecular complexity index is 1440. The summed E-state index contributed by atoms with van der Waals surface area (Å²) >= 11 is 11.8. The molecule has 7 nitrogen and oxygen atoms in total. The minimum atomic E-state index is -5.13.